The second kappa shape index (κ2) is 7.35. The van der Waals surface area contributed by atoms with Gasteiger partial charge in [-0.1, -0.05) is 24.3 Å². The number of nitrogens with one attached hydrogen (secondary N) is 1. The van der Waals surface area contributed by atoms with Crippen molar-refractivity contribution < 1.29 is 18.3 Å². The van der Waals surface area contributed by atoms with Gasteiger partial charge in [0.05, 0.1) is 20.8 Å². The maximum Gasteiger partial charge on any atom is 0.387 e. The number of benzene rings is 2. The summed E-state index contributed by atoms with van der Waals surface area (Å²) in [5.41, 5.74) is 1.02. The van der Waals surface area contributed by atoms with Crippen molar-refractivity contribution in [2.24, 2.45) is 0 Å². The number of alkyl halides is 2. The Bertz CT molecular complexity index is 818. The van der Waals surface area contributed by atoms with E-state index >= 15 is 0 Å². The Morgan fingerprint density at radius 1 is 1.17 bits per heavy atom. The predicted molar refractivity (Wildman–Crippen MR) is 88.7 cm³/mol. The van der Waals surface area contributed by atoms with E-state index in [9.17, 15) is 13.6 Å². The van der Waals surface area contributed by atoms with Crippen LogP contribution in [0.25, 0.3) is 10.2 Å². The summed E-state index contributed by atoms with van der Waals surface area (Å²) < 4.78 is 30.2. The number of hydrogen-bond acceptors (Lipinski definition) is 4. The average molecular weight is 348 g/mol. The van der Waals surface area contributed by atoms with Crippen LogP contribution >= 0.6 is 11.3 Å². The molecular weight excluding hydrogens is 334 g/mol. The van der Waals surface area contributed by atoms with Crippen molar-refractivity contribution in [3.63, 3.8) is 0 Å². The summed E-state index contributed by atoms with van der Waals surface area (Å²) in [4.78, 5) is 16.6. The summed E-state index contributed by atoms with van der Waals surface area (Å²) in [6.07, 6.45) is 0.572. The van der Waals surface area contributed by atoms with Crippen molar-refractivity contribution in [1.82, 2.24) is 10.3 Å². The molecule has 0 unspecified atom stereocenters. The highest BCUT2D eigenvalue weighted by Crippen LogP contribution is 2.22. The van der Waals surface area contributed by atoms with Crippen LogP contribution in [0.4, 0.5) is 8.78 Å². The van der Waals surface area contributed by atoms with Crippen LogP contribution in [0.1, 0.15) is 15.4 Å². The first-order valence-electron chi connectivity index (χ1n) is 7.30. The van der Waals surface area contributed by atoms with Crippen molar-refractivity contribution in [3.8, 4) is 5.75 Å². The third-order valence-corrected chi connectivity index (χ3v) is 4.41. The molecule has 4 nitrogen and oxygen atoms in total. The minimum atomic E-state index is -2.97. The number of nitrogens with zero attached hydrogens (tertiary/aromatic N) is 1. The molecule has 24 heavy (non-hydrogen) atoms. The first kappa shape index (κ1) is 16.3. The van der Waals surface area contributed by atoms with Gasteiger partial charge in [-0.2, -0.15) is 8.78 Å². The smallest absolute Gasteiger partial charge is 0.387 e. The quantitative estimate of drug-likeness (QED) is 0.736. The molecule has 0 saturated carbocycles. The number of thiazole rings is 1. The maximum atomic E-state index is 12.4. The van der Waals surface area contributed by atoms with E-state index in [0.29, 0.717) is 13.0 Å². The minimum Gasteiger partial charge on any atom is -0.434 e. The van der Waals surface area contributed by atoms with Crippen LogP contribution < -0.4 is 10.1 Å². The first-order chi connectivity index (χ1) is 11.6. The summed E-state index contributed by atoms with van der Waals surface area (Å²) in [6.45, 7) is -2.61. The van der Waals surface area contributed by atoms with Crippen LogP contribution in [0, 0.1) is 0 Å². The zero-order valence-electron chi connectivity index (χ0n) is 12.5. The van der Waals surface area contributed by atoms with E-state index in [1.807, 2.05) is 24.3 Å². The van der Waals surface area contributed by atoms with Gasteiger partial charge >= 0.3 is 6.61 Å². The lowest BCUT2D eigenvalue weighted by molar-refractivity contribution is -0.0501. The van der Waals surface area contributed by atoms with Crippen molar-refractivity contribution in [1.29, 1.82) is 0 Å². The van der Waals surface area contributed by atoms with Gasteiger partial charge in [0.2, 0.25) is 0 Å². The molecule has 0 aliphatic rings. The lowest BCUT2D eigenvalue weighted by Crippen LogP contribution is -2.26. The van der Waals surface area contributed by atoms with Crippen molar-refractivity contribution in [3.05, 3.63) is 59.1 Å². The summed E-state index contributed by atoms with van der Waals surface area (Å²) in [5, 5.41) is 3.62. The van der Waals surface area contributed by atoms with Crippen molar-refractivity contribution in [2.75, 3.05) is 6.54 Å². The van der Waals surface area contributed by atoms with Gasteiger partial charge in [-0.25, -0.2) is 4.98 Å². The fourth-order valence-corrected chi connectivity index (χ4v) is 3.22. The summed E-state index contributed by atoms with van der Waals surface area (Å²) in [7, 11) is 0. The normalized spacial score (nSPS) is 11.0. The molecule has 7 heteroatoms. The molecule has 1 aromatic heterocycles. The molecule has 0 saturated heterocycles. The number of fused-ring (bicyclic) bond motifs is 1. The number of para-hydroxylation sites is 2. The first-order valence-corrected chi connectivity index (χ1v) is 8.11. The maximum absolute atomic E-state index is 12.4. The third-order valence-electron chi connectivity index (χ3n) is 3.31. The lowest BCUT2D eigenvalue weighted by Gasteiger charge is -2.10. The van der Waals surface area contributed by atoms with Gasteiger partial charge in [-0.3, -0.25) is 4.79 Å². The van der Waals surface area contributed by atoms with E-state index in [0.717, 1.165) is 15.2 Å². The Hall–Kier alpha value is -2.54. The summed E-state index contributed by atoms with van der Waals surface area (Å²) in [5.74, 6) is -0.586. The Labute approximate surface area is 141 Å². The molecule has 0 fully saturated rings. The van der Waals surface area contributed by atoms with Gasteiger partial charge < -0.3 is 10.1 Å². The van der Waals surface area contributed by atoms with Gasteiger partial charge in [0.25, 0.3) is 5.91 Å². The van der Waals surface area contributed by atoms with E-state index in [1.165, 1.54) is 18.2 Å². The summed E-state index contributed by atoms with van der Waals surface area (Å²) >= 11 is 1.57. The molecule has 3 aromatic rings. The number of halogens is 2. The highest BCUT2D eigenvalue weighted by molar-refractivity contribution is 7.18. The Kier molecular flexibility index (Phi) is 5.00. The topological polar surface area (TPSA) is 51.2 Å². The number of hydrogen-bond donors (Lipinski definition) is 1. The largest absolute Gasteiger partial charge is 0.434 e. The third kappa shape index (κ3) is 3.86. The number of rotatable bonds is 6. The lowest BCUT2D eigenvalue weighted by atomic mass is 10.2. The molecule has 0 atom stereocenters. The van der Waals surface area contributed by atoms with Crippen LogP contribution in [0.2, 0.25) is 0 Å². The molecule has 124 valence electrons. The monoisotopic (exact) mass is 348 g/mol. The molecule has 1 N–H and O–H groups in total. The number of carbonyl (C=O) groups excluding carboxylic acids is 1. The number of carbonyl (C=O) groups is 1. The second-order valence-electron chi connectivity index (χ2n) is 4.96. The van der Waals surface area contributed by atoms with E-state index in [4.69, 9.17) is 0 Å². The molecule has 0 aliphatic carbocycles. The zero-order chi connectivity index (χ0) is 16.9. The van der Waals surface area contributed by atoms with E-state index in [-0.39, 0.29) is 11.3 Å². The zero-order valence-corrected chi connectivity index (χ0v) is 13.4. The highest BCUT2D eigenvalue weighted by atomic mass is 32.1. The standard InChI is InChI=1S/C17H14F2N2O2S/c18-17(19)23-13-7-3-1-5-11(13)16(22)20-10-9-15-21-12-6-2-4-8-14(12)24-15/h1-8,17H,9-10H2,(H,20,22). The molecule has 1 heterocycles. The molecule has 0 radical (unpaired) electrons. The fourth-order valence-electron chi connectivity index (χ4n) is 2.26. The minimum absolute atomic E-state index is 0.0853. The molecular formula is C17H14F2N2O2S. The molecule has 2 aromatic carbocycles. The van der Waals surface area contributed by atoms with Crippen LogP contribution in [-0.4, -0.2) is 24.0 Å². The highest BCUT2D eigenvalue weighted by Gasteiger charge is 2.15. The van der Waals surface area contributed by atoms with Gasteiger partial charge in [-0.05, 0) is 24.3 Å². The van der Waals surface area contributed by atoms with E-state index in [2.05, 4.69) is 15.0 Å². The Morgan fingerprint density at radius 2 is 1.92 bits per heavy atom. The Balaban J connectivity index is 1.61. The van der Waals surface area contributed by atoms with E-state index < -0.39 is 12.5 Å². The van der Waals surface area contributed by atoms with Crippen LogP contribution in [0.3, 0.4) is 0 Å². The van der Waals surface area contributed by atoms with Gasteiger partial charge in [0.1, 0.15) is 5.75 Å². The van der Waals surface area contributed by atoms with Crippen molar-refractivity contribution >= 4 is 27.5 Å². The molecule has 3 rings (SSSR count). The fraction of sp³-hybridized carbons (Fsp3) is 0.176. The van der Waals surface area contributed by atoms with Crippen LogP contribution in [0.15, 0.2) is 48.5 Å². The summed E-state index contributed by atoms with van der Waals surface area (Å²) in [6, 6.07) is 13.7. The van der Waals surface area contributed by atoms with Gasteiger partial charge in [0, 0.05) is 13.0 Å². The van der Waals surface area contributed by atoms with Gasteiger partial charge in [-0.15, -0.1) is 11.3 Å². The van der Waals surface area contributed by atoms with Crippen LogP contribution in [0.5, 0.6) is 5.75 Å². The Morgan fingerprint density at radius 3 is 2.71 bits per heavy atom. The number of amides is 1. The van der Waals surface area contributed by atoms with E-state index in [1.54, 1.807) is 17.4 Å². The predicted octanol–water partition coefficient (Wildman–Crippen LogP) is 3.87. The molecule has 0 bridgehead atoms. The molecule has 1 amide bonds. The van der Waals surface area contributed by atoms with Crippen LogP contribution in [-0.2, 0) is 6.42 Å². The number of ether oxygens (including phenoxy) is 1. The SMILES string of the molecule is O=C(NCCc1nc2ccccc2s1)c1ccccc1OC(F)F. The second-order valence-corrected chi connectivity index (χ2v) is 6.07. The molecule has 0 aliphatic heterocycles. The number of aromatic nitrogens is 1. The average Bonchev–Trinajstić information content (AvgIpc) is 2.97. The van der Waals surface area contributed by atoms with Crippen molar-refractivity contribution in [2.45, 2.75) is 13.0 Å². The van der Waals surface area contributed by atoms with Gasteiger partial charge in [0.15, 0.2) is 0 Å². The molecule has 0 spiro atoms.